The summed E-state index contributed by atoms with van der Waals surface area (Å²) >= 11 is 0. The second kappa shape index (κ2) is 5.09. The number of rotatable bonds is 2. The fourth-order valence-electron chi connectivity index (χ4n) is 1.96. The van der Waals surface area contributed by atoms with Crippen molar-refractivity contribution >= 4 is 22.4 Å². The Bertz CT molecular complexity index is 473. The molecule has 2 heterocycles. The molecule has 0 radical (unpaired) electrons. The summed E-state index contributed by atoms with van der Waals surface area (Å²) in [5.74, 6) is 1.10. The zero-order valence-corrected chi connectivity index (χ0v) is 11.4. The average Bonchev–Trinajstić information content (AvgIpc) is 2.71. The maximum atomic E-state index is 12.2. The second-order valence-corrected chi connectivity index (χ2v) is 6.39. The van der Waals surface area contributed by atoms with E-state index in [1.54, 1.807) is 4.90 Å². The van der Waals surface area contributed by atoms with Crippen LogP contribution < -0.4 is 5.73 Å². The molecule has 1 aliphatic rings. The van der Waals surface area contributed by atoms with Crippen LogP contribution in [-0.4, -0.2) is 49.8 Å². The Morgan fingerprint density at radius 1 is 1.44 bits per heavy atom. The van der Waals surface area contributed by atoms with Gasteiger partial charge in [0.25, 0.3) is 5.91 Å². The normalized spacial score (nSPS) is 17.4. The summed E-state index contributed by atoms with van der Waals surface area (Å²) in [6, 6.07) is 0. The van der Waals surface area contributed by atoms with Gasteiger partial charge in [-0.15, -0.1) is 0 Å². The Morgan fingerprint density at radius 2 is 2.06 bits per heavy atom. The zero-order chi connectivity index (χ0) is 13.3. The van der Waals surface area contributed by atoms with Crippen LogP contribution in [0.5, 0.6) is 0 Å². The maximum absolute atomic E-state index is 12.2. The SMILES string of the molecule is CC(C)c1[nH]nc(C(=O)N2CCS(=O)CC2)c1N. The molecule has 1 fully saturated rings. The van der Waals surface area contributed by atoms with Crippen LogP contribution in [0.1, 0.15) is 35.9 Å². The number of nitrogen functional groups attached to an aromatic ring is 1. The summed E-state index contributed by atoms with van der Waals surface area (Å²) in [6.45, 7) is 4.99. The van der Waals surface area contributed by atoms with Crippen molar-refractivity contribution in [2.24, 2.45) is 0 Å². The number of aromatic nitrogens is 2. The van der Waals surface area contributed by atoms with E-state index in [0.29, 0.717) is 30.3 Å². The van der Waals surface area contributed by atoms with E-state index in [1.165, 1.54) is 0 Å². The van der Waals surface area contributed by atoms with Crippen LogP contribution in [0.25, 0.3) is 0 Å². The molecule has 1 amide bonds. The van der Waals surface area contributed by atoms with Crippen LogP contribution in [0.4, 0.5) is 5.69 Å². The van der Waals surface area contributed by atoms with Gasteiger partial charge in [-0.2, -0.15) is 5.10 Å². The molecule has 100 valence electrons. The van der Waals surface area contributed by atoms with Crippen LogP contribution in [0.15, 0.2) is 0 Å². The third kappa shape index (κ3) is 2.40. The van der Waals surface area contributed by atoms with Gasteiger partial charge in [-0.3, -0.25) is 14.1 Å². The third-order valence-electron chi connectivity index (χ3n) is 3.08. The highest BCUT2D eigenvalue weighted by molar-refractivity contribution is 7.85. The minimum absolute atomic E-state index is 0.174. The van der Waals surface area contributed by atoms with Crippen LogP contribution in [0.3, 0.4) is 0 Å². The summed E-state index contributed by atoms with van der Waals surface area (Å²) in [6.07, 6.45) is 0. The fraction of sp³-hybridized carbons (Fsp3) is 0.636. The van der Waals surface area contributed by atoms with Gasteiger partial charge in [0.05, 0.1) is 11.4 Å². The molecular weight excluding hydrogens is 252 g/mol. The van der Waals surface area contributed by atoms with Gasteiger partial charge in [-0.1, -0.05) is 13.8 Å². The van der Waals surface area contributed by atoms with Crippen molar-refractivity contribution in [1.82, 2.24) is 15.1 Å². The predicted molar refractivity (Wildman–Crippen MR) is 70.9 cm³/mol. The maximum Gasteiger partial charge on any atom is 0.276 e. The minimum atomic E-state index is -0.795. The number of nitrogens with zero attached hydrogens (tertiary/aromatic N) is 2. The molecule has 1 saturated heterocycles. The highest BCUT2D eigenvalue weighted by Gasteiger charge is 2.26. The molecule has 0 bridgehead atoms. The van der Waals surface area contributed by atoms with Gasteiger partial charge >= 0.3 is 0 Å². The van der Waals surface area contributed by atoms with Crippen LogP contribution in [-0.2, 0) is 10.8 Å². The topological polar surface area (TPSA) is 92.1 Å². The van der Waals surface area contributed by atoms with Gasteiger partial charge in [0.2, 0.25) is 0 Å². The monoisotopic (exact) mass is 270 g/mol. The number of nitrogens with one attached hydrogen (secondary N) is 1. The van der Waals surface area contributed by atoms with Crippen molar-refractivity contribution in [3.05, 3.63) is 11.4 Å². The summed E-state index contributed by atoms with van der Waals surface area (Å²) in [7, 11) is -0.795. The number of amides is 1. The molecule has 1 aliphatic heterocycles. The lowest BCUT2D eigenvalue weighted by atomic mass is 10.1. The largest absolute Gasteiger partial charge is 0.395 e. The molecule has 0 unspecified atom stereocenters. The lowest BCUT2D eigenvalue weighted by Gasteiger charge is -2.25. The molecule has 1 aromatic rings. The Hall–Kier alpha value is -1.37. The van der Waals surface area contributed by atoms with Gasteiger partial charge in [-0.25, -0.2) is 0 Å². The van der Waals surface area contributed by atoms with Crippen molar-refractivity contribution in [2.45, 2.75) is 19.8 Å². The van der Waals surface area contributed by atoms with E-state index in [9.17, 15) is 9.00 Å². The van der Waals surface area contributed by atoms with Gasteiger partial charge < -0.3 is 10.6 Å². The third-order valence-corrected chi connectivity index (χ3v) is 4.35. The van der Waals surface area contributed by atoms with Gasteiger partial charge in [0, 0.05) is 35.4 Å². The molecule has 3 N–H and O–H groups in total. The first-order valence-corrected chi connectivity index (χ1v) is 7.47. The van der Waals surface area contributed by atoms with Crippen molar-refractivity contribution < 1.29 is 9.00 Å². The second-order valence-electron chi connectivity index (χ2n) is 4.69. The highest BCUT2D eigenvalue weighted by atomic mass is 32.2. The lowest BCUT2D eigenvalue weighted by Crippen LogP contribution is -2.42. The van der Waals surface area contributed by atoms with Crippen molar-refractivity contribution in [3.63, 3.8) is 0 Å². The minimum Gasteiger partial charge on any atom is -0.395 e. The molecule has 0 aromatic carbocycles. The molecule has 18 heavy (non-hydrogen) atoms. The number of carbonyl (C=O) groups is 1. The summed E-state index contributed by atoms with van der Waals surface area (Å²) in [5.41, 5.74) is 7.44. The molecule has 0 aliphatic carbocycles. The van der Waals surface area contributed by atoms with Crippen molar-refractivity contribution in [1.29, 1.82) is 0 Å². The number of hydrogen-bond donors (Lipinski definition) is 2. The first kappa shape index (κ1) is 13.1. The smallest absolute Gasteiger partial charge is 0.276 e. The Labute approximate surface area is 108 Å². The molecule has 1 aromatic heterocycles. The number of aromatic amines is 1. The first-order valence-electron chi connectivity index (χ1n) is 5.98. The van der Waals surface area contributed by atoms with Crippen LogP contribution >= 0.6 is 0 Å². The van der Waals surface area contributed by atoms with E-state index in [2.05, 4.69) is 10.2 Å². The lowest BCUT2D eigenvalue weighted by molar-refractivity contribution is 0.0766. The molecule has 0 spiro atoms. The van der Waals surface area contributed by atoms with E-state index in [1.807, 2.05) is 13.8 Å². The summed E-state index contributed by atoms with van der Waals surface area (Å²) < 4.78 is 11.3. The average molecular weight is 270 g/mol. The number of H-pyrrole nitrogens is 1. The summed E-state index contributed by atoms with van der Waals surface area (Å²) in [4.78, 5) is 13.9. The molecule has 6 nitrogen and oxygen atoms in total. The van der Waals surface area contributed by atoms with E-state index >= 15 is 0 Å². The van der Waals surface area contributed by atoms with E-state index in [0.717, 1.165) is 5.69 Å². The van der Waals surface area contributed by atoms with Crippen LogP contribution in [0, 0.1) is 0 Å². The molecular formula is C11H18N4O2S. The molecule has 7 heteroatoms. The van der Waals surface area contributed by atoms with E-state index in [-0.39, 0.29) is 17.5 Å². The van der Waals surface area contributed by atoms with Crippen molar-refractivity contribution in [2.75, 3.05) is 30.3 Å². The standard InChI is InChI=1S/C11H18N4O2S/c1-7(2)9-8(12)10(14-13-9)11(16)15-3-5-18(17)6-4-15/h7H,3-6,12H2,1-2H3,(H,13,14). The summed E-state index contributed by atoms with van der Waals surface area (Å²) in [5, 5.41) is 6.83. The first-order chi connectivity index (χ1) is 8.50. The number of nitrogens with two attached hydrogens (primary N) is 1. The van der Waals surface area contributed by atoms with Gasteiger partial charge in [0.1, 0.15) is 0 Å². The Kier molecular flexibility index (Phi) is 3.70. The number of anilines is 1. The van der Waals surface area contributed by atoms with E-state index < -0.39 is 10.8 Å². The highest BCUT2D eigenvalue weighted by Crippen LogP contribution is 2.23. The van der Waals surface area contributed by atoms with Gasteiger partial charge in [0.15, 0.2) is 5.69 Å². The van der Waals surface area contributed by atoms with E-state index in [4.69, 9.17) is 5.73 Å². The Morgan fingerprint density at radius 3 is 2.56 bits per heavy atom. The zero-order valence-electron chi connectivity index (χ0n) is 10.6. The van der Waals surface area contributed by atoms with Crippen LogP contribution in [0.2, 0.25) is 0 Å². The number of hydrogen-bond acceptors (Lipinski definition) is 4. The molecule has 2 rings (SSSR count). The molecule has 0 saturated carbocycles. The quantitative estimate of drug-likeness (QED) is 0.809. The molecule has 0 atom stereocenters. The van der Waals surface area contributed by atoms with Gasteiger partial charge in [-0.05, 0) is 5.92 Å². The fourth-order valence-corrected chi connectivity index (χ4v) is 3.01. The number of carbonyl (C=O) groups excluding carboxylic acids is 1. The Balaban J connectivity index is 2.16. The predicted octanol–water partition coefficient (Wildman–Crippen LogP) is 0.320. The van der Waals surface area contributed by atoms with Crippen molar-refractivity contribution in [3.8, 4) is 0 Å².